The van der Waals surface area contributed by atoms with Crippen LogP contribution < -0.4 is 15.7 Å². The standard InChI is InChI=1S/C8H11IN2O3/c1-9-5-14-8-3-2-6(10)4-7(8)11(12)13/h2-5,12-13H,10H2,1H3/p+1. The van der Waals surface area contributed by atoms with Crippen LogP contribution in [-0.4, -0.2) is 19.5 Å². The zero-order valence-corrected chi connectivity index (χ0v) is 9.72. The molecule has 0 aliphatic rings. The third-order valence-corrected chi connectivity index (χ3v) is 2.27. The zero-order valence-electron chi connectivity index (χ0n) is 7.57. The fraction of sp³-hybridized carbons (Fsp3) is 0.125. The summed E-state index contributed by atoms with van der Waals surface area (Å²) in [6.07, 6.45) is 0. The second-order valence-corrected chi connectivity index (χ2v) is 4.26. The summed E-state index contributed by atoms with van der Waals surface area (Å²) in [7, 11) is 0. The normalized spacial score (nSPS) is 11.7. The molecule has 14 heavy (non-hydrogen) atoms. The molecule has 0 unspecified atom stereocenters. The van der Waals surface area contributed by atoms with Gasteiger partial charge in [-0.3, -0.25) is 0 Å². The van der Waals surface area contributed by atoms with Gasteiger partial charge in [0.2, 0.25) is 5.69 Å². The minimum atomic E-state index is -0.782. The topological polar surface area (TPSA) is 80.2 Å². The van der Waals surface area contributed by atoms with Crippen LogP contribution in [0.25, 0.3) is 0 Å². The van der Waals surface area contributed by atoms with Crippen LogP contribution in [0.15, 0.2) is 18.2 Å². The van der Waals surface area contributed by atoms with Gasteiger partial charge in [0.05, 0.1) is 0 Å². The molecule has 1 aromatic carbocycles. The summed E-state index contributed by atoms with van der Waals surface area (Å²) >= 11 is -0.110. The van der Waals surface area contributed by atoms with Gasteiger partial charge in [0.15, 0.2) is 5.75 Å². The predicted molar refractivity (Wildman–Crippen MR) is 61.7 cm³/mol. The lowest BCUT2D eigenvalue weighted by atomic mass is 10.2. The van der Waals surface area contributed by atoms with Crippen molar-refractivity contribution in [3.05, 3.63) is 18.2 Å². The molecule has 0 aliphatic heterocycles. The van der Waals surface area contributed by atoms with Gasteiger partial charge in [0, 0.05) is 11.8 Å². The lowest BCUT2D eigenvalue weighted by molar-refractivity contribution is -1.19. The maximum Gasteiger partial charge on any atom is 0.241 e. The van der Waals surface area contributed by atoms with E-state index in [0.29, 0.717) is 11.4 Å². The van der Waals surface area contributed by atoms with Gasteiger partial charge in [-0.05, 0) is 22.3 Å². The van der Waals surface area contributed by atoms with E-state index in [0.717, 1.165) is 0 Å². The molecule has 0 heterocycles. The Labute approximate surface area is 91.4 Å². The predicted octanol–water partition coefficient (Wildman–Crippen LogP) is 0.303. The Balaban J connectivity index is 3.02. The highest BCUT2D eigenvalue weighted by atomic mass is 127. The second-order valence-electron chi connectivity index (χ2n) is 2.50. The van der Waals surface area contributed by atoms with E-state index in [9.17, 15) is 0 Å². The van der Waals surface area contributed by atoms with Crippen molar-refractivity contribution < 1.29 is 20.4 Å². The molecule has 0 bridgehead atoms. The lowest BCUT2D eigenvalue weighted by Gasteiger charge is -2.06. The van der Waals surface area contributed by atoms with Crippen LogP contribution in [0.1, 0.15) is 0 Å². The third-order valence-electron chi connectivity index (χ3n) is 1.51. The van der Waals surface area contributed by atoms with Crippen LogP contribution in [0.4, 0.5) is 11.4 Å². The molecule has 1 rings (SSSR count). The minimum absolute atomic E-state index is 0.110. The summed E-state index contributed by atoms with van der Waals surface area (Å²) in [5.41, 5.74) is 6.16. The van der Waals surface area contributed by atoms with Crippen molar-refractivity contribution >= 4 is 36.3 Å². The molecule has 0 atom stereocenters. The van der Waals surface area contributed by atoms with Gasteiger partial charge in [0.1, 0.15) is 4.20 Å². The fourth-order valence-corrected chi connectivity index (χ4v) is 1.45. The highest BCUT2D eigenvalue weighted by Gasteiger charge is 2.14. The maximum absolute atomic E-state index is 8.96. The number of nitrogens with one attached hydrogen (secondary N) is 1. The van der Waals surface area contributed by atoms with Gasteiger partial charge in [-0.1, -0.05) is 20.7 Å². The highest BCUT2D eigenvalue weighted by molar-refractivity contribution is 14.2. The summed E-state index contributed by atoms with van der Waals surface area (Å²) in [5, 5.41) is 17.1. The van der Waals surface area contributed by atoms with E-state index in [1.165, 1.54) is 6.07 Å². The minimum Gasteiger partial charge on any atom is -0.453 e. The molecule has 5 nitrogen and oxygen atoms in total. The van der Waals surface area contributed by atoms with Gasteiger partial charge >= 0.3 is 0 Å². The van der Waals surface area contributed by atoms with Crippen LogP contribution in [-0.2, 0) is 0 Å². The molecule has 0 amide bonds. The molecule has 0 spiro atoms. The number of halogens is 1. The Morgan fingerprint density at radius 1 is 1.50 bits per heavy atom. The van der Waals surface area contributed by atoms with Gasteiger partial charge < -0.3 is 10.5 Å². The lowest BCUT2D eigenvalue weighted by Crippen LogP contribution is -3.01. The Kier molecular flexibility index (Phi) is 4.26. The molecule has 0 aliphatic carbocycles. The first-order valence-corrected chi connectivity index (χ1v) is 7.16. The van der Waals surface area contributed by atoms with Gasteiger partial charge in [-0.2, -0.15) is 10.4 Å². The number of alkyl halides is 1. The fourth-order valence-electron chi connectivity index (χ4n) is 0.918. The maximum atomic E-state index is 8.96. The molecular weight excluding hydrogens is 299 g/mol. The summed E-state index contributed by atoms with van der Waals surface area (Å²) in [4.78, 5) is 2.03. The SMILES string of the molecule is CI=COc1ccc(N)cc1[NH+](O)O. The number of benzene rings is 1. The van der Waals surface area contributed by atoms with Crippen LogP contribution in [0.5, 0.6) is 5.75 Å². The van der Waals surface area contributed by atoms with Crippen LogP contribution in [0.2, 0.25) is 0 Å². The molecular formula is C8H12IN2O3+. The first-order valence-electron chi connectivity index (χ1n) is 3.76. The van der Waals surface area contributed by atoms with Crippen LogP contribution in [0, 0.1) is 0 Å². The zero-order chi connectivity index (χ0) is 10.6. The average Bonchev–Trinajstić information content (AvgIpc) is 2.15. The summed E-state index contributed by atoms with van der Waals surface area (Å²) < 4.78 is 6.91. The van der Waals surface area contributed by atoms with E-state index in [1.54, 1.807) is 16.3 Å². The monoisotopic (exact) mass is 311 g/mol. The van der Waals surface area contributed by atoms with Gasteiger partial charge in [-0.25, -0.2) is 0 Å². The van der Waals surface area contributed by atoms with Crippen molar-refractivity contribution in [2.24, 2.45) is 0 Å². The number of anilines is 1. The number of nitrogens with two attached hydrogens (primary N) is 1. The smallest absolute Gasteiger partial charge is 0.241 e. The van der Waals surface area contributed by atoms with Crippen molar-refractivity contribution in [2.75, 3.05) is 10.7 Å². The van der Waals surface area contributed by atoms with Crippen molar-refractivity contribution in [2.45, 2.75) is 0 Å². The van der Waals surface area contributed by atoms with Gasteiger partial charge in [-0.15, -0.1) is 0 Å². The Hall–Kier alpha value is -0.700. The van der Waals surface area contributed by atoms with Gasteiger partial charge in [0.25, 0.3) is 0 Å². The number of ether oxygens (including phenoxy) is 1. The Morgan fingerprint density at radius 3 is 2.79 bits per heavy atom. The van der Waals surface area contributed by atoms with Crippen LogP contribution >= 0.6 is 20.7 Å². The third kappa shape index (κ3) is 2.91. The van der Waals surface area contributed by atoms with E-state index in [-0.39, 0.29) is 26.4 Å². The van der Waals surface area contributed by atoms with E-state index in [4.69, 9.17) is 20.9 Å². The molecule has 0 radical (unpaired) electrons. The Bertz CT molecular complexity index is 341. The summed E-state index contributed by atoms with van der Waals surface area (Å²) in [6, 6.07) is 4.70. The first kappa shape index (κ1) is 11.4. The van der Waals surface area contributed by atoms with E-state index in [2.05, 4.69) is 0 Å². The summed E-state index contributed by atoms with van der Waals surface area (Å²) in [6.45, 7) is 0. The number of quaternary nitrogens is 1. The number of hydrogen-bond donors (Lipinski definition) is 4. The summed E-state index contributed by atoms with van der Waals surface area (Å²) in [5.74, 6) is 0.403. The average molecular weight is 311 g/mol. The van der Waals surface area contributed by atoms with Crippen LogP contribution in [0.3, 0.4) is 0 Å². The first-order chi connectivity index (χ1) is 6.65. The molecule has 78 valence electrons. The van der Waals surface area contributed by atoms with Crippen molar-refractivity contribution in [1.29, 1.82) is 0 Å². The molecule has 0 fully saturated rings. The number of hydrogen-bond acceptors (Lipinski definition) is 4. The van der Waals surface area contributed by atoms with E-state index < -0.39 is 5.23 Å². The quantitative estimate of drug-likeness (QED) is 0.280. The molecule has 0 saturated heterocycles. The molecule has 5 N–H and O–H groups in total. The van der Waals surface area contributed by atoms with E-state index in [1.807, 2.05) is 4.93 Å². The molecule has 1 aromatic rings. The van der Waals surface area contributed by atoms with Crippen molar-refractivity contribution in [3.63, 3.8) is 0 Å². The van der Waals surface area contributed by atoms with E-state index >= 15 is 0 Å². The molecule has 0 aromatic heterocycles. The second kappa shape index (κ2) is 5.25. The molecule has 6 heteroatoms. The Morgan fingerprint density at radius 2 is 2.21 bits per heavy atom. The highest BCUT2D eigenvalue weighted by Crippen LogP contribution is 2.22. The molecule has 0 saturated carbocycles. The number of rotatable bonds is 3. The van der Waals surface area contributed by atoms with Crippen molar-refractivity contribution in [3.8, 4) is 5.75 Å². The van der Waals surface area contributed by atoms with Crippen molar-refractivity contribution in [1.82, 2.24) is 0 Å². The largest absolute Gasteiger partial charge is 0.453 e. The number of nitrogen functional groups attached to an aromatic ring is 1.